The number of H-pyrrole nitrogens is 2. The molecule has 4 heterocycles. The van der Waals surface area contributed by atoms with Gasteiger partial charge in [-0.2, -0.15) is 10.2 Å². The van der Waals surface area contributed by atoms with Crippen molar-refractivity contribution in [1.29, 1.82) is 0 Å². The van der Waals surface area contributed by atoms with E-state index in [1.54, 1.807) is 37.5 Å². The highest BCUT2D eigenvalue weighted by molar-refractivity contribution is 7.98. The van der Waals surface area contributed by atoms with Gasteiger partial charge in [-0.25, -0.2) is 29.5 Å². The van der Waals surface area contributed by atoms with Crippen LogP contribution in [0.25, 0.3) is 22.8 Å². The van der Waals surface area contributed by atoms with E-state index in [1.165, 1.54) is 29.6 Å². The molecule has 0 amide bonds. The molecule has 0 unspecified atom stereocenters. The van der Waals surface area contributed by atoms with Crippen molar-refractivity contribution in [2.45, 2.75) is 17.2 Å². The average Bonchev–Trinajstić information content (AvgIpc) is 3.55. The van der Waals surface area contributed by atoms with Crippen LogP contribution in [-0.4, -0.2) is 76.5 Å². The van der Waals surface area contributed by atoms with Gasteiger partial charge in [-0.15, -0.1) is 0 Å². The second-order valence-corrected chi connectivity index (χ2v) is 7.76. The summed E-state index contributed by atoms with van der Waals surface area (Å²) in [5.41, 5.74) is 2.71. The summed E-state index contributed by atoms with van der Waals surface area (Å²) in [6, 6.07) is 6.48. The molecule has 176 valence electrons. The van der Waals surface area contributed by atoms with Crippen molar-refractivity contribution in [3.8, 4) is 22.8 Å². The molecule has 4 aromatic heterocycles. The summed E-state index contributed by atoms with van der Waals surface area (Å²) in [4.78, 5) is 38.8. The number of carbonyl (C=O) groups is 2. The molecule has 0 fully saturated rings. The van der Waals surface area contributed by atoms with Gasteiger partial charge in [0, 0.05) is 24.5 Å². The number of carbonyl (C=O) groups excluding carboxylic acids is 1. The third-order valence-electron chi connectivity index (χ3n) is 4.04. The molecule has 0 saturated carbocycles. The van der Waals surface area contributed by atoms with E-state index >= 15 is 0 Å². The quantitative estimate of drug-likeness (QED) is 0.193. The van der Waals surface area contributed by atoms with Crippen LogP contribution in [0.1, 0.15) is 27.9 Å². The molecule has 3 N–H and O–H groups in total. The number of aromatic carboxylic acids is 1. The highest BCUT2D eigenvalue weighted by Gasteiger charge is 2.13. The van der Waals surface area contributed by atoms with E-state index in [0.29, 0.717) is 45.4 Å². The predicted octanol–water partition coefficient (Wildman–Crippen LogP) is 3.05. The zero-order valence-corrected chi connectivity index (χ0v) is 20.0. The number of rotatable bonds is 7. The Bertz CT molecular complexity index is 1280. The normalized spacial score (nSPS) is 10.3. The Hall–Kier alpha value is -3.78. The number of carboxylic acids is 1. The van der Waals surface area contributed by atoms with E-state index in [2.05, 4.69) is 40.3 Å². The summed E-state index contributed by atoms with van der Waals surface area (Å²) in [7, 11) is 0. The van der Waals surface area contributed by atoms with E-state index in [0.717, 1.165) is 0 Å². The minimum Gasteiger partial charge on any atom is -0.477 e. The molecule has 0 aromatic carbocycles. The number of carboxylic acid groups (broad SMARTS) is 1. The van der Waals surface area contributed by atoms with E-state index in [4.69, 9.17) is 9.84 Å². The summed E-state index contributed by atoms with van der Waals surface area (Å²) < 4.78 is 4.87. The topological polar surface area (TPSA) is 173 Å². The van der Waals surface area contributed by atoms with Crippen molar-refractivity contribution in [2.75, 3.05) is 19.1 Å². The molecule has 4 rings (SSSR count). The number of hydrogen-bond acceptors (Lipinski definition) is 11. The predicted molar refractivity (Wildman–Crippen MR) is 126 cm³/mol. The van der Waals surface area contributed by atoms with Gasteiger partial charge in [-0.3, -0.25) is 10.2 Å². The number of nitrogens with zero attached hydrogens (tertiary/aromatic N) is 6. The SMILES string of the molecule is CCOC(=O)c1cc(-c2ccnc(SC)n2)n[nH]1.CSc1nccc(-c2cc(C(=O)O)[nH]n2)n1. The summed E-state index contributed by atoms with van der Waals surface area (Å²) in [6.07, 6.45) is 7.04. The maximum Gasteiger partial charge on any atom is 0.356 e. The molecule has 4 aromatic rings. The van der Waals surface area contributed by atoms with Gasteiger partial charge in [-0.05, 0) is 31.6 Å². The highest BCUT2D eigenvalue weighted by atomic mass is 32.2. The number of aromatic nitrogens is 8. The molecule has 0 aliphatic heterocycles. The number of aromatic amines is 2. The Balaban J connectivity index is 0.000000192. The lowest BCUT2D eigenvalue weighted by molar-refractivity contribution is 0.0519. The van der Waals surface area contributed by atoms with Crippen LogP contribution in [0.15, 0.2) is 47.0 Å². The van der Waals surface area contributed by atoms with E-state index in [9.17, 15) is 9.59 Å². The summed E-state index contributed by atoms with van der Waals surface area (Å²) in [5.74, 6) is -1.46. The van der Waals surface area contributed by atoms with Crippen LogP contribution in [0, 0.1) is 0 Å². The maximum atomic E-state index is 11.5. The Kier molecular flexibility index (Phi) is 8.70. The van der Waals surface area contributed by atoms with Crippen LogP contribution in [-0.2, 0) is 4.74 Å². The second kappa shape index (κ2) is 11.9. The molecule has 34 heavy (non-hydrogen) atoms. The largest absolute Gasteiger partial charge is 0.477 e. The summed E-state index contributed by atoms with van der Waals surface area (Å²) >= 11 is 2.86. The zero-order chi connectivity index (χ0) is 24.5. The minimum atomic E-state index is -1.04. The molecular formula is C20H20N8O4S2. The Morgan fingerprint density at radius 1 is 0.882 bits per heavy atom. The number of esters is 1. The van der Waals surface area contributed by atoms with Gasteiger partial charge in [0.05, 0.1) is 18.0 Å². The van der Waals surface area contributed by atoms with Crippen molar-refractivity contribution >= 4 is 35.5 Å². The maximum absolute atomic E-state index is 11.5. The number of hydrogen-bond donors (Lipinski definition) is 3. The van der Waals surface area contributed by atoms with Crippen LogP contribution >= 0.6 is 23.5 Å². The van der Waals surface area contributed by atoms with E-state index in [1.807, 2.05) is 12.5 Å². The zero-order valence-electron chi connectivity index (χ0n) is 18.3. The highest BCUT2D eigenvalue weighted by Crippen LogP contribution is 2.19. The van der Waals surface area contributed by atoms with Crippen LogP contribution < -0.4 is 0 Å². The van der Waals surface area contributed by atoms with Crippen LogP contribution in [0.5, 0.6) is 0 Å². The molecule has 0 radical (unpaired) electrons. The second-order valence-electron chi connectivity index (χ2n) is 6.22. The third kappa shape index (κ3) is 6.39. The van der Waals surface area contributed by atoms with Crippen LogP contribution in [0.2, 0.25) is 0 Å². The number of nitrogens with one attached hydrogen (secondary N) is 2. The number of ether oxygens (including phenoxy) is 1. The van der Waals surface area contributed by atoms with Gasteiger partial charge in [-0.1, -0.05) is 23.5 Å². The monoisotopic (exact) mass is 500 g/mol. The molecule has 0 saturated heterocycles. The molecule has 14 heteroatoms. The Morgan fingerprint density at radius 3 is 1.82 bits per heavy atom. The fraction of sp³-hybridized carbons (Fsp3) is 0.200. The molecule has 0 bridgehead atoms. The minimum absolute atomic E-state index is 0.0410. The first kappa shape index (κ1) is 24.9. The number of thioether (sulfide) groups is 2. The fourth-order valence-corrected chi connectivity index (χ4v) is 3.20. The first-order chi connectivity index (χ1) is 16.4. The first-order valence-corrected chi connectivity index (χ1v) is 12.2. The molecule has 0 atom stereocenters. The Morgan fingerprint density at radius 2 is 1.38 bits per heavy atom. The van der Waals surface area contributed by atoms with Gasteiger partial charge >= 0.3 is 11.9 Å². The smallest absolute Gasteiger partial charge is 0.356 e. The standard InChI is InChI=1S/C11H12N4O2S.C9H8N4O2S/c1-3-17-10(16)9-6-8(14-15-9)7-4-5-12-11(13-7)18-2;1-16-9-10-3-2-5(11-9)6-4-7(8(14)15)13-12-6/h4-6H,3H2,1-2H3,(H,14,15);2-4H,1H3,(H,12,13)(H,14,15). The first-order valence-electron chi connectivity index (χ1n) is 9.71. The van der Waals surface area contributed by atoms with Crippen molar-refractivity contribution < 1.29 is 19.4 Å². The fourth-order valence-electron chi connectivity index (χ4n) is 2.49. The van der Waals surface area contributed by atoms with Crippen molar-refractivity contribution in [1.82, 2.24) is 40.3 Å². The Labute approximate surface area is 202 Å². The third-order valence-corrected chi connectivity index (χ3v) is 5.16. The van der Waals surface area contributed by atoms with Gasteiger partial charge < -0.3 is 9.84 Å². The lowest BCUT2D eigenvalue weighted by Crippen LogP contribution is -2.04. The van der Waals surface area contributed by atoms with Gasteiger partial charge in [0.25, 0.3) is 0 Å². The van der Waals surface area contributed by atoms with Crippen LogP contribution in [0.4, 0.5) is 0 Å². The molecule has 0 aliphatic carbocycles. The molecule has 0 aliphatic rings. The van der Waals surface area contributed by atoms with E-state index in [-0.39, 0.29) is 5.69 Å². The lowest BCUT2D eigenvalue weighted by Gasteiger charge is -1.97. The average molecular weight is 501 g/mol. The molecular weight excluding hydrogens is 480 g/mol. The summed E-state index contributed by atoms with van der Waals surface area (Å²) in [6.45, 7) is 2.08. The van der Waals surface area contributed by atoms with Crippen molar-refractivity contribution in [3.63, 3.8) is 0 Å². The van der Waals surface area contributed by atoms with Crippen molar-refractivity contribution in [2.24, 2.45) is 0 Å². The van der Waals surface area contributed by atoms with Crippen molar-refractivity contribution in [3.05, 3.63) is 48.0 Å². The van der Waals surface area contributed by atoms with E-state index < -0.39 is 11.9 Å². The summed E-state index contributed by atoms with van der Waals surface area (Å²) in [5, 5.41) is 23.0. The van der Waals surface area contributed by atoms with Gasteiger partial charge in [0.15, 0.2) is 10.3 Å². The molecule has 12 nitrogen and oxygen atoms in total. The van der Waals surface area contributed by atoms with Gasteiger partial charge in [0.2, 0.25) is 0 Å². The van der Waals surface area contributed by atoms with Gasteiger partial charge in [0.1, 0.15) is 22.8 Å². The molecule has 0 spiro atoms. The lowest BCUT2D eigenvalue weighted by atomic mass is 10.3. The van der Waals surface area contributed by atoms with Crippen LogP contribution in [0.3, 0.4) is 0 Å².